The van der Waals surface area contributed by atoms with E-state index < -0.39 is 9.84 Å². The van der Waals surface area contributed by atoms with Gasteiger partial charge in [-0.15, -0.1) is 0 Å². The van der Waals surface area contributed by atoms with Gasteiger partial charge in [-0.2, -0.15) is 0 Å². The maximum atomic E-state index is 12.9. The minimum absolute atomic E-state index is 0.137. The Kier molecular flexibility index (Phi) is 3.93. The van der Waals surface area contributed by atoms with Crippen molar-refractivity contribution in [3.8, 4) is 5.75 Å². The summed E-state index contributed by atoms with van der Waals surface area (Å²) >= 11 is 0. The average Bonchev–Trinajstić information content (AvgIpc) is 3.30. The largest absolute Gasteiger partial charge is 0.491 e. The topological polar surface area (TPSA) is 55.9 Å². The third-order valence-electron chi connectivity index (χ3n) is 3.67. The highest BCUT2D eigenvalue weighted by molar-refractivity contribution is 7.91. The van der Waals surface area contributed by atoms with Gasteiger partial charge in [-0.3, -0.25) is 0 Å². The Balaban J connectivity index is 1.98. The van der Waals surface area contributed by atoms with Crippen LogP contribution in [0, 0.1) is 13.8 Å². The number of epoxide rings is 1. The monoisotopic (exact) mass is 318 g/mol. The van der Waals surface area contributed by atoms with Gasteiger partial charge in [0.2, 0.25) is 9.84 Å². The van der Waals surface area contributed by atoms with Gasteiger partial charge in [-0.05, 0) is 43.2 Å². The van der Waals surface area contributed by atoms with Crippen LogP contribution in [-0.4, -0.2) is 27.7 Å². The Morgan fingerprint density at radius 1 is 1.09 bits per heavy atom. The van der Waals surface area contributed by atoms with E-state index in [0.717, 1.165) is 5.56 Å². The summed E-state index contributed by atoms with van der Waals surface area (Å²) in [5.41, 5.74) is 1.44. The predicted molar refractivity (Wildman–Crippen MR) is 83.0 cm³/mol. The second-order valence-electron chi connectivity index (χ2n) is 5.46. The summed E-state index contributed by atoms with van der Waals surface area (Å²) in [6, 6.07) is 12.2. The molecule has 0 N–H and O–H groups in total. The third kappa shape index (κ3) is 3.00. The molecule has 1 heterocycles. The van der Waals surface area contributed by atoms with Crippen molar-refractivity contribution in [3.05, 3.63) is 53.6 Å². The quantitative estimate of drug-likeness (QED) is 0.795. The van der Waals surface area contributed by atoms with Crippen LogP contribution in [0.3, 0.4) is 0 Å². The molecule has 22 heavy (non-hydrogen) atoms. The fraction of sp³-hybridized carbons (Fsp3) is 0.294. The number of sulfone groups is 1. The van der Waals surface area contributed by atoms with Gasteiger partial charge >= 0.3 is 0 Å². The van der Waals surface area contributed by atoms with E-state index in [1.165, 1.54) is 0 Å². The molecule has 1 aliphatic rings. The molecule has 5 heteroatoms. The second-order valence-corrected chi connectivity index (χ2v) is 7.35. The molecule has 1 saturated heterocycles. The molecular formula is C17H18O4S. The number of aryl methyl sites for hydroxylation is 2. The molecule has 1 fully saturated rings. The van der Waals surface area contributed by atoms with E-state index in [0.29, 0.717) is 29.4 Å². The average molecular weight is 318 g/mol. The number of rotatable bonds is 5. The molecule has 1 aliphatic heterocycles. The van der Waals surface area contributed by atoms with E-state index in [-0.39, 0.29) is 11.0 Å². The highest BCUT2D eigenvalue weighted by atomic mass is 32.2. The van der Waals surface area contributed by atoms with Crippen molar-refractivity contribution in [2.24, 2.45) is 0 Å². The molecule has 3 rings (SSSR count). The summed E-state index contributed by atoms with van der Waals surface area (Å²) in [5.74, 6) is 0.549. The molecule has 0 radical (unpaired) electrons. The van der Waals surface area contributed by atoms with Crippen molar-refractivity contribution in [1.82, 2.24) is 0 Å². The standard InChI is InChI=1S/C17H18O4S/c1-12-5-3-4-6-16(12)22(18,19)17-9-14(8-7-13(17)2)20-10-15-11-21-15/h3-9,15H,10-11H2,1-2H3. The molecule has 0 aromatic heterocycles. The van der Waals surface area contributed by atoms with E-state index in [9.17, 15) is 8.42 Å². The zero-order valence-electron chi connectivity index (χ0n) is 12.6. The van der Waals surface area contributed by atoms with Gasteiger partial charge in [-0.25, -0.2) is 8.42 Å². The molecule has 116 valence electrons. The highest BCUT2D eigenvalue weighted by Crippen LogP contribution is 2.29. The maximum Gasteiger partial charge on any atom is 0.207 e. The van der Waals surface area contributed by atoms with Gasteiger partial charge in [0, 0.05) is 0 Å². The van der Waals surface area contributed by atoms with Crippen molar-refractivity contribution in [1.29, 1.82) is 0 Å². The van der Waals surface area contributed by atoms with Crippen LogP contribution in [0.15, 0.2) is 52.3 Å². The van der Waals surface area contributed by atoms with E-state index in [2.05, 4.69) is 0 Å². The lowest BCUT2D eigenvalue weighted by Gasteiger charge is -2.12. The molecule has 4 nitrogen and oxygen atoms in total. The van der Waals surface area contributed by atoms with Gasteiger partial charge in [0.25, 0.3) is 0 Å². The minimum atomic E-state index is -3.56. The fourth-order valence-electron chi connectivity index (χ4n) is 2.29. The molecule has 0 amide bonds. The summed E-state index contributed by atoms with van der Waals surface area (Å²) in [4.78, 5) is 0.622. The number of benzene rings is 2. The predicted octanol–water partition coefficient (Wildman–Crippen LogP) is 2.91. The maximum absolute atomic E-state index is 12.9. The lowest BCUT2D eigenvalue weighted by Crippen LogP contribution is -2.08. The molecule has 0 spiro atoms. The van der Waals surface area contributed by atoms with Gasteiger partial charge in [-0.1, -0.05) is 24.3 Å². The number of hydrogen-bond acceptors (Lipinski definition) is 4. The highest BCUT2D eigenvalue weighted by Gasteiger charge is 2.25. The Morgan fingerprint density at radius 3 is 2.45 bits per heavy atom. The molecule has 0 bridgehead atoms. The van der Waals surface area contributed by atoms with Gasteiger partial charge in [0.15, 0.2) is 0 Å². The smallest absolute Gasteiger partial charge is 0.207 e. The van der Waals surface area contributed by atoms with E-state index in [1.54, 1.807) is 50.2 Å². The van der Waals surface area contributed by atoms with Gasteiger partial charge in [0.05, 0.1) is 16.4 Å². The van der Waals surface area contributed by atoms with Crippen LogP contribution < -0.4 is 4.74 Å². The van der Waals surface area contributed by atoms with Crippen molar-refractivity contribution in [2.75, 3.05) is 13.2 Å². The second kappa shape index (κ2) is 5.74. The molecule has 2 aromatic carbocycles. The first kappa shape index (κ1) is 15.1. The zero-order chi connectivity index (χ0) is 15.7. The molecule has 0 aliphatic carbocycles. The van der Waals surface area contributed by atoms with Crippen LogP contribution in [0.25, 0.3) is 0 Å². The summed E-state index contributed by atoms with van der Waals surface area (Å²) in [6.07, 6.45) is 0.137. The summed E-state index contributed by atoms with van der Waals surface area (Å²) in [5, 5.41) is 0. The molecular weight excluding hydrogens is 300 g/mol. The Hall–Kier alpha value is -1.85. The summed E-state index contributed by atoms with van der Waals surface area (Å²) in [6.45, 7) is 4.75. The summed E-state index contributed by atoms with van der Waals surface area (Å²) < 4.78 is 36.5. The van der Waals surface area contributed by atoms with Crippen LogP contribution in [0.4, 0.5) is 0 Å². The van der Waals surface area contributed by atoms with E-state index >= 15 is 0 Å². The Bertz CT molecular complexity index is 792. The van der Waals surface area contributed by atoms with Crippen LogP contribution in [0.5, 0.6) is 5.75 Å². The van der Waals surface area contributed by atoms with Crippen LogP contribution in [-0.2, 0) is 14.6 Å². The molecule has 2 aromatic rings. The Morgan fingerprint density at radius 2 is 1.77 bits per heavy atom. The van der Waals surface area contributed by atoms with Gasteiger partial charge < -0.3 is 9.47 Å². The van der Waals surface area contributed by atoms with Crippen LogP contribution >= 0.6 is 0 Å². The number of ether oxygens (including phenoxy) is 2. The lowest BCUT2D eigenvalue weighted by atomic mass is 10.2. The van der Waals surface area contributed by atoms with Crippen LogP contribution in [0.2, 0.25) is 0 Å². The summed E-state index contributed by atoms with van der Waals surface area (Å²) in [7, 11) is -3.56. The first-order valence-corrected chi connectivity index (χ1v) is 8.62. The lowest BCUT2D eigenvalue weighted by molar-refractivity contribution is 0.262. The zero-order valence-corrected chi connectivity index (χ0v) is 13.4. The first-order chi connectivity index (χ1) is 10.5. The third-order valence-corrected chi connectivity index (χ3v) is 5.73. The minimum Gasteiger partial charge on any atom is -0.491 e. The number of hydrogen-bond donors (Lipinski definition) is 0. The van der Waals surface area contributed by atoms with Crippen LogP contribution in [0.1, 0.15) is 11.1 Å². The van der Waals surface area contributed by atoms with Gasteiger partial charge in [0.1, 0.15) is 18.5 Å². The molecule has 1 atom stereocenters. The van der Waals surface area contributed by atoms with E-state index in [4.69, 9.17) is 9.47 Å². The first-order valence-electron chi connectivity index (χ1n) is 7.14. The van der Waals surface area contributed by atoms with Crippen molar-refractivity contribution in [3.63, 3.8) is 0 Å². The Labute approximate surface area is 130 Å². The van der Waals surface area contributed by atoms with Crippen molar-refractivity contribution in [2.45, 2.75) is 29.7 Å². The van der Waals surface area contributed by atoms with Crippen molar-refractivity contribution >= 4 is 9.84 Å². The SMILES string of the molecule is Cc1ccccc1S(=O)(=O)c1cc(OCC2CO2)ccc1C. The normalized spacial score (nSPS) is 17.3. The molecule has 0 saturated carbocycles. The fourth-order valence-corrected chi connectivity index (χ4v) is 4.04. The van der Waals surface area contributed by atoms with E-state index in [1.807, 2.05) is 6.07 Å². The van der Waals surface area contributed by atoms with Crippen molar-refractivity contribution < 1.29 is 17.9 Å². The molecule has 1 unspecified atom stereocenters.